The van der Waals surface area contributed by atoms with E-state index in [4.69, 9.17) is 16.3 Å². The van der Waals surface area contributed by atoms with E-state index in [-0.39, 0.29) is 28.1 Å². The van der Waals surface area contributed by atoms with Crippen LogP contribution in [0.5, 0.6) is 5.75 Å². The van der Waals surface area contributed by atoms with Crippen molar-refractivity contribution in [3.05, 3.63) is 40.6 Å². The van der Waals surface area contributed by atoms with Crippen molar-refractivity contribution in [3.8, 4) is 5.75 Å². The van der Waals surface area contributed by atoms with Gasteiger partial charge >= 0.3 is 6.18 Å². The Morgan fingerprint density at radius 1 is 1.24 bits per heavy atom. The van der Waals surface area contributed by atoms with Crippen LogP contribution in [0.1, 0.15) is 24.6 Å². The predicted octanol–water partition coefficient (Wildman–Crippen LogP) is 6.05. The first-order valence-electron chi connectivity index (χ1n) is 8.15. The number of halogens is 7. The van der Waals surface area contributed by atoms with Crippen LogP contribution >= 0.6 is 23.4 Å². The van der Waals surface area contributed by atoms with Crippen LogP contribution in [-0.4, -0.2) is 34.5 Å². The summed E-state index contributed by atoms with van der Waals surface area (Å²) >= 11 is 6.36. The normalized spacial score (nSPS) is 12.9. The molecule has 1 N–H and O–H groups in total. The molecule has 2 aromatic rings. The van der Waals surface area contributed by atoms with Crippen molar-refractivity contribution in [2.75, 3.05) is 17.7 Å². The van der Waals surface area contributed by atoms with Crippen LogP contribution in [0.2, 0.25) is 5.02 Å². The first kappa shape index (κ1) is 23.4. The molecule has 0 aliphatic carbocycles. The molecule has 2 rings (SSSR count). The van der Waals surface area contributed by atoms with Crippen molar-refractivity contribution >= 4 is 29.2 Å². The molecule has 1 heterocycles. The Morgan fingerprint density at radius 3 is 2.55 bits per heavy atom. The minimum Gasteiger partial charge on any atom is -0.488 e. The lowest BCUT2D eigenvalue weighted by Crippen LogP contribution is -2.24. The molecule has 0 amide bonds. The summed E-state index contributed by atoms with van der Waals surface area (Å²) in [5.41, 5.74) is -0.282. The van der Waals surface area contributed by atoms with Gasteiger partial charge < -0.3 is 10.1 Å². The molecule has 0 saturated carbocycles. The lowest BCUT2D eigenvalue weighted by molar-refractivity contribution is -0.105. The Balaban J connectivity index is 2.05. The zero-order valence-electron chi connectivity index (χ0n) is 15.2. The van der Waals surface area contributed by atoms with Gasteiger partial charge in [0.2, 0.25) is 0 Å². The molecule has 0 unspecified atom stereocenters. The van der Waals surface area contributed by atoms with Crippen molar-refractivity contribution in [2.24, 2.45) is 0 Å². The van der Waals surface area contributed by atoms with E-state index in [1.807, 2.05) is 0 Å². The van der Waals surface area contributed by atoms with E-state index in [1.165, 1.54) is 13.0 Å². The first-order valence-corrected chi connectivity index (χ1v) is 9.52. The summed E-state index contributed by atoms with van der Waals surface area (Å²) in [6, 6.07) is 1.74. The number of rotatable bonds is 8. The van der Waals surface area contributed by atoms with E-state index >= 15 is 0 Å². The molecule has 160 valence electrons. The van der Waals surface area contributed by atoms with Crippen LogP contribution in [0, 0.1) is 12.7 Å². The maximum absolute atomic E-state index is 14.1. The SMILES string of the molecule is Cc1cc(F)c(OC[C@H](C)Nc2ncnc(C(F)F)c2Cl)cc1SCC(F)(F)F. The number of hydrogen-bond donors (Lipinski definition) is 1. The summed E-state index contributed by atoms with van der Waals surface area (Å²) < 4.78 is 82.4. The van der Waals surface area contributed by atoms with Gasteiger partial charge in [0.25, 0.3) is 6.43 Å². The number of alkyl halides is 5. The number of thioether (sulfide) groups is 1. The smallest absolute Gasteiger partial charge is 0.398 e. The highest BCUT2D eigenvalue weighted by atomic mass is 35.5. The second kappa shape index (κ2) is 9.75. The molecule has 4 nitrogen and oxygen atoms in total. The topological polar surface area (TPSA) is 47.0 Å². The Kier molecular flexibility index (Phi) is 7.87. The molecule has 0 spiro atoms. The zero-order chi connectivity index (χ0) is 21.8. The second-order valence-corrected chi connectivity index (χ2v) is 7.43. The highest BCUT2D eigenvalue weighted by Crippen LogP contribution is 2.33. The van der Waals surface area contributed by atoms with Crippen molar-refractivity contribution in [1.82, 2.24) is 9.97 Å². The van der Waals surface area contributed by atoms with Crippen LogP contribution in [-0.2, 0) is 0 Å². The highest BCUT2D eigenvalue weighted by molar-refractivity contribution is 7.99. The number of aromatic nitrogens is 2. The van der Waals surface area contributed by atoms with Crippen molar-refractivity contribution < 1.29 is 31.1 Å². The van der Waals surface area contributed by atoms with Gasteiger partial charge in [-0.3, -0.25) is 0 Å². The predicted molar refractivity (Wildman–Crippen MR) is 98.5 cm³/mol. The second-order valence-electron chi connectivity index (χ2n) is 6.03. The molecule has 1 atom stereocenters. The Morgan fingerprint density at radius 2 is 1.93 bits per heavy atom. The summed E-state index contributed by atoms with van der Waals surface area (Å²) in [4.78, 5) is 7.42. The molecule has 1 aromatic heterocycles. The third-order valence-corrected chi connectivity index (χ3v) is 5.11. The molecule has 0 aliphatic rings. The number of anilines is 1. The fourth-order valence-corrected chi connectivity index (χ4v) is 3.22. The van der Waals surface area contributed by atoms with Gasteiger partial charge in [0, 0.05) is 4.90 Å². The van der Waals surface area contributed by atoms with Crippen LogP contribution in [0.3, 0.4) is 0 Å². The summed E-state index contributed by atoms with van der Waals surface area (Å²) in [7, 11) is 0. The summed E-state index contributed by atoms with van der Waals surface area (Å²) in [6.45, 7) is 2.97. The van der Waals surface area contributed by atoms with Crippen LogP contribution < -0.4 is 10.1 Å². The van der Waals surface area contributed by atoms with E-state index in [1.54, 1.807) is 6.92 Å². The lowest BCUT2D eigenvalue weighted by Gasteiger charge is -2.18. The maximum Gasteiger partial charge on any atom is 0.398 e. The van der Waals surface area contributed by atoms with Crippen molar-refractivity contribution in [2.45, 2.75) is 37.4 Å². The molecule has 0 aliphatic heterocycles. The fraction of sp³-hybridized carbons (Fsp3) is 0.412. The fourth-order valence-electron chi connectivity index (χ4n) is 2.19. The van der Waals surface area contributed by atoms with Gasteiger partial charge in [-0.25, -0.2) is 23.1 Å². The quantitative estimate of drug-likeness (QED) is 0.384. The maximum atomic E-state index is 14.1. The third kappa shape index (κ3) is 6.84. The standard InChI is InChI=1S/C17H16ClF6N3OS/c1-8-3-10(19)11(4-12(8)29-6-17(22,23)24)28-5-9(2)27-16-13(18)14(15(20)21)25-7-26-16/h3-4,7,9,15H,5-6H2,1-2H3,(H,25,26,27)/t9-/m0/s1. The average Bonchev–Trinajstić information content (AvgIpc) is 2.61. The third-order valence-electron chi connectivity index (χ3n) is 3.52. The minimum atomic E-state index is -4.36. The average molecular weight is 460 g/mol. The van der Waals surface area contributed by atoms with Crippen LogP contribution in [0.25, 0.3) is 0 Å². The molecule has 0 radical (unpaired) electrons. The molecular weight excluding hydrogens is 444 g/mol. The van der Waals surface area contributed by atoms with Gasteiger partial charge in [0.15, 0.2) is 11.6 Å². The van der Waals surface area contributed by atoms with Gasteiger partial charge in [-0.1, -0.05) is 11.6 Å². The molecule has 0 fully saturated rings. The van der Waals surface area contributed by atoms with E-state index in [0.717, 1.165) is 12.4 Å². The molecule has 12 heteroatoms. The molecule has 0 bridgehead atoms. The van der Waals surface area contributed by atoms with Crippen molar-refractivity contribution in [1.29, 1.82) is 0 Å². The Bertz CT molecular complexity index is 853. The number of benzene rings is 1. The number of nitrogens with zero attached hydrogens (tertiary/aromatic N) is 2. The van der Waals surface area contributed by atoms with E-state index < -0.39 is 35.9 Å². The summed E-state index contributed by atoms with van der Waals surface area (Å²) in [6.07, 6.45) is -6.32. The van der Waals surface area contributed by atoms with E-state index in [2.05, 4.69) is 15.3 Å². The Hall–Kier alpha value is -1.88. The molecule has 0 saturated heterocycles. The van der Waals surface area contributed by atoms with Crippen LogP contribution in [0.15, 0.2) is 23.4 Å². The van der Waals surface area contributed by atoms with Gasteiger partial charge in [-0.05, 0) is 31.5 Å². The van der Waals surface area contributed by atoms with Gasteiger partial charge in [0.1, 0.15) is 29.5 Å². The number of aryl methyl sites for hydroxylation is 1. The van der Waals surface area contributed by atoms with Crippen LogP contribution in [0.4, 0.5) is 32.2 Å². The minimum absolute atomic E-state index is 0.0427. The number of ether oxygens (including phenoxy) is 1. The summed E-state index contributed by atoms with van der Waals surface area (Å²) in [5.74, 6) is -2.11. The first-order chi connectivity index (χ1) is 13.5. The van der Waals surface area contributed by atoms with Gasteiger partial charge in [-0.15, -0.1) is 11.8 Å². The van der Waals surface area contributed by atoms with Crippen molar-refractivity contribution in [3.63, 3.8) is 0 Å². The highest BCUT2D eigenvalue weighted by Gasteiger charge is 2.28. The number of nitrogens with one attached hydrogen (secondary N) is 1. The lowest BCUT2D eigenvalue weighted by atomic mass is 10.2. The zero-order valence-corrected chi connectivity index (χ0v) is 16.7. The number of hydrogen-bond acceptors (Lipinski definition) is 5. The van der Waals surface area contributed by atoms with Gasteiger partial charge in [0.05, 0.1) is 11.8 Å². The summed E-state index contributed by atoms with van der Waals surface area (Å²) in [5, 5.41) is 2.40. The van der Waals surface area contributed by atoms with Gasteiger partial charge in [-0.2, -0.15) is 13.2 Å². The molecular formula is C17H16ClF6N3OS. The molecule has 1 aromatic carbocycles. The Labute approximate surface area is 172 Å². The van der Waals surface area contributed by atoms with E-state index in [0.29, 0.717) is 17.3 Å². The largest absolute Gasteiger partial charge is 0.488 e. The molecule has 29 heavy (non-hydrogen) atoms. The monoisotopic (exact) mass is 459 g/mol. The van der Waals surface area contributed by atoms with E-state index in [9.17, 15) is 26.3 Å².